The van der Waals surface area contributed by atoms with Crippen LogP contribution in [0.1, 0.15) is 61.6 Å². The molecule has 1 amide bonds. The Kier molecular flexibility index (Phi) is 6.12. The molecule has 1 aromatic carbocycles. The van der Waals surface area contributed by atoms with Crippen LogP contribution in [0.15, 0.2) is 41.7 Å². The van der Waals surface area contributed by atoms with Gasteiger partial charge in [0.25, 0.3) is 5.91 Å². The Morgan fingerprint density at radius 3 is 2.68 bits per heavy atom. The van der Waals surface area contributed by atoms with Crippen molar-refractivity contribution in [2.45, 2.75) is 64.0 Å². The Morgan fingerprint density at radius 2 is 1.84 bits per heavy atom. The summed E-state index contributed by atoms with van der Waals surface area (Å²) in [5.74, 6) is -0.00842. The highest BCUT2D eigenvalue weighted by atomic mass is 16.2. The number of likely N-dealkylation sites (tertiary alicyclic amines) is 1. The average Bonchev–Trinajstić information content (AvgIpc) is 3.32. The van der Waals surface area contributed by atoms with Crippen LogP contribution >= 0.6 is 0 Å². The number of aliphatic imine (C=N–C) groups is 1. The Labute approximate surface area is 185 Å². The number of amides is 1. The summed E-state index contributed by atoms with van der Waals surface area (Å²) in [4.78, 5) is 24.7. The topological polar surface area (TPSA) is 57.6 Å². The first-order valence-electron chi connectivity index (χ1n) is 11.9. The van der Waals surface area contributed by atoms with Crippen molar-refractivity contribution < 1.29 is 4.79 Å². The zero-order chi connectivity index (χ0) is 21.0. The van der Waals surface area contributed by atoms with Crippen molar-refractivity contribution in [2.75, 3.05) is 19.6 Å². The van der Waals surface area contributed by atoms with Crippen LogP contribution in [0.4, 0.5) is 0 Å². The van der Waals surface area contributed by atoms with E-state index in [2.05, 4.69) is 44.5 Å². The normalized spacial score (nSPS) is 19.7. The summed E-state index contributed by atoms with van der Waals surface area (Å²) < 4.78 is 0. The van der Waals surface area contributed by atoms with Gasteiger partial charge < -0.3 is 5.32 Å². The Bertz CT molecular complexity index is 971. The molecule has 5 heteroatoms. The average molecular weight is 417 g/mol. The van der Waals surface area contributed by atoms with Crippen LogP contribution in [-0.4, -0.2) is 47.2 Å². The summed E-state index contributed by atoms with van der Waals surface area (Å²) in [6.07, 6.45) is 13.3. The number of fused-ring (bicyclic) bond motifs is 1. The predicted octanol–water partition coefficient (Wildman–Crippen LogP) is 4.14. The van der Waals surface area contributed by atoms with Gasteiger partial charge in [-0.2, -0.15) is 0 Å². The molecule has 0 radical (unpaired) electrons. The molecule has 0 atom stereocenters. The van der Waals surface area contributed by atoms with Crippen LogP contribution in [0.5, 0.6) is 0 Å². The largest absolute Gasteiger partial charge is 0.348 e. The van der Waals surface area contributed by atoms with Crippen molar-refractivity contribution in [3.8, 4) is 11.1 Å². The fourth-order valence-corrected chi connectivity index (χ4v) is 5.19. The summed E-state index contributed by atoms with van der Waals surface area (Å²) in [5, 5.41) is 3.25. The highest BCUT2D eigenvalue weighted by molar-refractivity contribution is 6.46. The van der Waals surface area contributed by atoms with E-state index in [1.807, 2.05) is 12.4 Å². The van der Waals surface area contributed by atoms with Crippen LogP contribution in [0.3, 0.4) is 0 Å². The number of hydrogen-bond acceptors (Lipinski definition) is 4. The van der Waals surface area contributed by atoms with E-state index in [1.165, 1.54) is 56.3 Å². The number of carbonyl (C=O) groups is 1. The molecule has 2 fully saturated rings. The SMILES string of the molecule is O=C(NC1CCCCC1)C1=NCCc2ccc(-c3cncc(CN4CCCC4)c3)cc21. The number of aromatic nitrogens is 1. The van der Waals surface area contributed by atoms with Gasteiger partial charge in [0.15, 0.2) is 0 Å². The van der Waals surface area contributed by atoms with E-state index in [1.54, 1.807) is 0 Å². The van der Waals surface area contributed by atoms with Gasteiger partial charge in [-0.1, -0.05) is 31.4 Å². The molecule has 2 aromatic rings. The van der Waals surface area contributed by atoms with E-state index in [0.717, 1.165) is 42.5 Å². The van der Waals surface area contributed by atoms with Gasteiger partial charge in [0.2, 0.25) is 0 Å². The van der Waals surface area contributed by atoms with E-state index < -0.39 is 0 Å². The molecular formula is C26H32N4O. The highest BCUT2D eigenvalue weighted by Gasteiger charge is 2.24. The molecule has 3 heterocycles. The fraction of sp³-hybridized carbons (Fsp3) is 0.500. The smallest absolute Gasteiger partial charge is 0.270 e. The minimum Gasteiger partial charge on any atom is -0.348 e. The van der Waals surface area contributed by atoms with Gasteiger partial charge in [0.1, 0.15) is 5.71 Å². The van der Waals surface area contributed by atoms with E-state index >= 15 is 0 Å². The second kappa shape index (κ2) is 9.31. The zero-order valence-electron chi connectivity index (χ0n) is 18.3. The van der Waals surface area contributed by atoms with Gasteiger partial charge in [-0.15, -0.1) is 0 Å². The first-order valence-corrected chi connectivity index (χ1v) is 11.9. The number of pyridine rings is 1. The molecule has 1 saturated heterocycles. The van der Waals surface area contributed by atoms with E-state index in [0.29, 0.717) is 18.3 Å². The molecule has 1 N–H and O–H groups in total. The van der Waals surface area contributed by atoms with Gasteiger partial charge in [0.05, 0.1) is 0 Å². The van der Waals surface area contributed by atoms with Gasteiger partial charge in [-0.05, 0) is 74.0 Å². The summed E-state index contributed by atoms with van der Waals surface area (Å²) in [6, 6.07) is 9.01. The van der Waals surface area contributed by atoms with Crippen molar-refractivity contribution in [1.82, 2.24) is 15.2 Å². The van der Waals surface area contributed by atoms with E-state index in [9.17, 15) is 4.79 Å². The molecule has 5 nitrogen and oxygen atoms in total. The van der Waals surface area contributed by atoms with Gasteiger partial charge in [-0.25, -0.2) is 0 Å². The van der Waals surface area contributed by atoms with Gasteiger partial charge in [0, 0.05) is 42.7 Å². The monoisotopic (exact) mass is 416 g/mol. The molecule has 1 saturated carbocycles. The molecule has 3 aliphatic rings. The van der Waals surface area contributed by atoms with Gasteiger partial charge >= 0.3 is 0 Å². The molecule has 0 unspecified atom stereocenters. The van der Waals surface area contributed by atoms with E-state index in [-0.39, 0.29) is 5.91 Å². The third-order valence-corrected chi connectivity index (χ3v) is 6.90. The number of hydrogen-bond donors (Lipinski definition) is 1. The van der Waals surface area contributed by atoms with Crippen LogP contribution in [0.25, 0.3) is 11.1 Å². The molecule has 0 bridgehead atoms. The number of rotatable bonds is 5. The summed E-state index contributed by atoms with van der Waals surface area (Å²) >= 11 is 0. The molecule has 0 spiro atoms. The summed E-state index contributed by atoms with van der Waals surface area (Å²) in [5.41, 5.74) is 6.28. The molecule has 162 valence electrons. The van der Waals surface area contributed by atoms with Crippen molar-refractivity contribution in [1.29, 1.82) is 0 Å². The lowest BCUT2D eigenvalue weighted by molar-refractivity contribution is -0.115. The second-order valence-electron chi connectivity index (χ2n) is 9.23. The second-order valence-corrected chi connectivity index (χ2v) is 9.23. The number of carbonyl (C=O) groups excluding carboxylic acids is 1. The minimum absolute atomic E-state index is 0.00842. The molecule has 2 aliphatic heterocycles. The Balaban J connectivity index is 1.37. The number of nitrogens with one attached hydrogen (secondary N) is 1. The maximum Gasteiger partial charge on any atom is 0.270 e. The van der Waals surface area contributed by atoms with Crippen molar-refractivity contribution in [3.63, 3.8) is 0 Å². The molecule has 5 rings (SSSR count). The van der Waals surface area contributed by atoms with Crippen molar-refractivity contribution in [3.05, 3.63) is 53.3 Å². The van der Waals surface area contributed by atoms with Crippen LogP contribution < -0.4 is 5.32 Å². The van der Waals surface area contributed by atoms with Crippen LogP contribution in [0.2, 0.25) is 0 Å². The first-order chi connectivity index (χ1) is 15.3. The quantitative estimate of drug-likeness (QED) is 0.797. The fourth-order valence-electron chi connectivity index (χ4n) is 5.19. The van der Waals surface area contributed by atoms with Crippen molar-refractivity contribution in [2.24, 2.45) is 4.99 Å². The zero-order valence-corrected chi connectivity index (χ0v) is 18.3. The summed E-state index contributed by atoms with van der Waals surface area (Å²) in [7, 11) is 0. The van der Waals surface area contributed by atoms with Crippen LogP contribution in [-0.2, 0) is 17.8 Å². The molecule has 31 heavy (non-hydrogen) atoms. The molecule has 1 aliphatic carbocycles. The van der Waals surface area contributed by atoms with Gasteiger partial charge in [-0.3, -0.25) is 19.7 Å². The molecule has 1 aromatic heterocycles. The van der Waals surface area contributed by atoms with Crippen LogP contribution in [0, 0.1) is 0 Å². The molecular weight excluding hydrogens is 384 g/mol. The highest BCUT2D eigenvalue weighted by Crippen LogP contribution is 2.27. The Hall–Kier alpha value is -2.53. The maximum atomic E-state index is 13.1. The lowest BCUT2D eigenvalue weighted by atomic mass is 9.92. The number of benzene rings is 1. The third kappa shape index (κ3) is 4.72. The lowest BCUT2D eigenvalue weighted by Gasteiger charge is -2.24. The lowest BCUT2D eigenvalue weighted by Crippen LogP contribution is -2.41. The number of nitrogens with zero attached hydrogens (tertiary/aromatic N) is 3. The third-order valence-electron chi connectivity index (χ3n) is 6.90. The standard InChI is InChI=1S/C26H32N4O/c31-26(29-23-6-2-1-3-7-23)25-24-15-21(9-8-20(24)10-11-28-25)22-14-19(16-27-17-22)18-30-12-4-5-13-30/h8-9,14-17,23H,1-7,10-13,18H2,(H,29,31). The summed E-state index contributed by atoms with van der Waals surface area (Å²) in [6.45, 7) is 4.01. The maximum absolute atomic E-state index is 13.1. The Morgan fingerprint density at radius 1 is 1.00 bits per heavy atom. The minimum atomic E-state index is -0.00842. The predicted molar refractivity (Wildman–Crippen MR) is 124 cm³/mol. The van der Waals surface area contributed by atoms with Crippen molar-refractivity contribution >= 4 is 11.6 Å². The van der Waals surface area contributed by atoms with E-state index in [4.69, 9.17) is 0 Å². The first kappa shape index (κ1) is 20.4.